The Morgan fingerprint density at radius 1 is 0.767 bits per heavy atom. The van der Waals surface area contributed by atoms with Crippen molar-refractivity contribution in [1.29, 1.82) is 0 Å². The maximum absolute atomic E-state index is 10.5. The van der Waals surface area contributed by atoms with Crippen molar-refractivity contribution in [3.63, 3.8) is 0 Å². The molecular weight excluding hydrogens is 364 g/mol. The van der Waals surface area contributed by atoms with Crippen LogP contribution in [0.15, 0.2) is 0 Å². The molecule has 1 heteroatoms. The molecule has 4 saturated carbocycles. The highest BCUT2D eigenvalue weighted by Gasteiger charge is 2.61. The Bertz CT molecular complexity index is 597. The lowest BCUT2D eigenvalue weighted by Gasteiger charge is -2.62. The first kappa shape index (κ1) is 23.1. The molecule has 0 amide bonds. The van der Waals surface area contributed by atoms with Crippen molar-refractivity contribution < 1.29 is 5.11 Å². The lowest BCUT2D eigenvalue weighted by molar-refractivity contribution is -0.149. The monoisotopic (exact) mass is 416 g/mol. The van der Waals surface area contributed by atoms with E-state index in [0.29, 0.717) is 16.7 Å². The first-order valence-electron chi connectivity index (χ1n) is 13.8. The van der Waals surface area contributed by atoms with Crippen LogP contribution >= 0.6 is 0 Å². The van der Waals surface area contributed by atoms with Gasteiger partial charge in [0.25, 0.3) is 0 Å². The quantitative estimate of drug-likeness (QED) is 0.482. The molecule has 0 aromatic carbocycles. The van der Waals surface area contributed by atoms with Gasteiger partial charge in [0, 0.05) is 0 Å². The van der Waals surface area contributed by atoms with Crippen LogP contribution in [0.5, 0.6) is 0 Å². The summed E-state index contributed by atoms with van der Waals surface area (Å²) in [7, 11) is 0. The van der Waals surface area contributed by atoms with Crippen LogP contribution in [0.2, 0.25) is 0 Å². The van der Waals surface area contributed by atoms with E-state index in [4.69, 9.17) is 0 Å². The number of aliphatic hydroxyl groups excluding tert-OH is 1. The van der Waals surface area contributed by atoms with Gasteiger partial charge in [-0.05, 0) is 115 Å². The summed E-state index contributed by atoms with van der Waals surface area (Å²) in [5.74, 6) is 7.70. The average Bonchev–Trinajstić information content (AvgIpc) is 3.06. The van der Waals surface area contributed by atoms with Crippen LogP contribution in [0.1, 0.15) is 113 Å². The van der Waals surface area contributed by atoms with Gasteiger partial charge in [0.05, 0.1) is 6.10 Å². The first-order chi connectivity index (χ1) is 14.1. The smallest absolute Gasteiger partial charge is 0.0568 e. The highest BCUT2D eigenvalue weighted by molar-refractivity contribution is 5.10. The van der Waals surface area contributed by atoms with Gasteiger partial charge >= 0.3 is 0 Å². The molecule has 4 aliphatic rings. The van der Waals surface area contributed by atoms with Crippen LogP contribution in [0.4, 0.5) is 0 Å². The van der Waals surface area contributed by atoms with Crippen LogP contribution in [0, 0.1) is 64.1 Å². The summed E-state index contributed by atoms with van der Waals surface area (Å²) in [6, 6.07) is 0. The molecule has 0 radical (unpaired) electrons. The number of fused-ring (bicyclic) bond motifs is 5. The highest BCUT2D eigenvalue weighted by atomic mass is 16.3. The zero-order valence-corrected chi connectivity index (χ0v) is 21.3. The zero-order chi connectivity index (χ0) is 21.8. The third kappa shape index (κ3) is 3.62. The van der Waals surface area contributed by atoms with Gasteiger partial charge in [-0.1, -0.05) is 61.3 Å². The second-order valence-corrected chi connectivity index (χ2v) is 13.5. The van der Waals surface area contributed by atoms with Crippen molar-refractivity contribution >= 4 is 0 Å². The highest BCUT2D eigenvalue weighted by Crippen LogP contribution is 2.68. The average molecular weight is 417 g/mol. The number of rotatable bonds is 5. The molecule has 0 aromatic rings. The molecule has 4 aliphatic carbocycles. The molecule has 4 rings (SSSR count). The lowest BCUT2D eigenvalue weighted by atomic mass is 9.43. The summed E-state index contributed by atoms with van der Waals surface area (Å²) in [6.45, 7) is 17.6. The number of hydrogen-bond acceptors (Lipinski definition) is 1. The third-order valence-corrected chi connectivity index (χ3v) is 12.1. The summed E-state index contributed by atoms with van der Waals surface area (Å²) in [4.78, 5) is 0. The normalized spacial score (nSPS) is 50.5. The third-order valence-electron chi connectivity index (χ3n) is 12.1. The molecule has 11 atom stereocenters. The van der Waals surface area contributed by atoms with E-state index in [1.54, 1.807) is 0 Å². The Hall–Kier alpha value is -0.0400. The van der Waals surface area contributed by atoms with E-state index in [0.717, 1.165) is 53.8 Å². The van der Waals surface area contributed by atoms with Crippen molar-refractivity contribution in [1.82, 2.24) is 0 Å². The minimum atomic E-state index is -0.0431. The Morgan fingerprint density at radius 3 is 2.10 bits per heavy atom. The molecule has 0 saturated heterocycles. The predicted octanol–water partition coefficient (Wildman–Crippen LogP) is 7.96. The van der Waals surface area contributed by atoms with Gasteiger partial charge in [0.15, 0.2) is 0 Å². The molecule has 4 fully saturated rings. The van der Waals surface area contributed by atoms with E-state index >= 15 is 0 Å². The zero-order valence-electron chi connectivity index (χ0n) is 21.3. The number of aliphatic hydroxyl groups is 1. The van der Waals surface area contributed by atoms with Crippen molar-refractivity contribution in [3.8, 4) is 0 Å². The van der Waals surface area contributed by atoms with Crippen molar-refractivity contribution in [3.05, 3.63) is 0 Å². The molecule has 1 nitrogen and oxygen atoms in total. The molecule has 2 unspecified atom stereocenters. The van der Waals surface area contributed by atoms with Crippen LogP contribution in [0.3, 0.4) is 0 Å². The lowest BCUT2D eigenvalue weighted by Crippen LogP contribution is -2.56. The van der Waals surface area contributed by atoms with Crippen molar-refractivity contribution in [2.75, 3.05) is 0 Å². The molecule has 1 N–H and O–H groups in total. The van der Waals surface area contributed by atoms with Gasteiger partial charge in [0.2, 0.25) is 0 Å². The fourth-order valence-electron chi connectivity index (χ4n) is 9.75. The standard InChI is InChI=1S/C29H52O/c1-18(2)19(3)8-9-20(4)23-12-13-25-22-10-11-24-21(5)27(30)15-17-29(24,7)26(22)14-16-28(23,25)6/h18-27,30H,8-17H2,1-7H3/t19?,20-,21?,22+,23-,24+,25+,26+,27+,28-,29+/m1/s1. The van der Waals surface area contributed by atoms with Crippen LogP contribution in [-0.4, -0.2) is 11.2 Å². The van der Waals surface area contributed by atoms with Crippen LogP contribution < -0.4 is 0 Å². The van der Waals surface area contributed by atoms with Crippen molar-refractivity contribution in [2.24, 2.45) is 64.1 Å². The molecule has 30 heavy (non-hydrogen) atoms. The minimum absolute atomic E-state index is 0.0431. The molecule has 174 valence electrons. The van der Waals surface area contributed by atoms with Gasteiger partial charge in [-0.3, -0.25) is 0 Å². The summed E-state index contributed by atoms with van der Waals surface area (Å²) >= 11 is 0. The Morgan fingerprint density at radius 2 is 1.40 bits per heavy atom. The van der Waals surface area contributed by atoms with E-state index in [1.165, 1.54) is 57.8 Å². The topological polar surface area (TPSA) is 20.2 Å². The van der Waals surface area contributed by atoms with Gasteiger partial charge < -0.3 is 5.11 Å². The molecule has 0 heterocycles. The number of hydrogen-bond donors (Lipinski definition) is 1. The van der Waals surface area contributed by atoms with Gasteiger partial charge in [-0.25, -0.2) is 0 Å². The van der Waals surface area contributed by atoms with E-state index in [1.807, 2.05) is 0 Å². The molecular formula is C29H52O. The fraction of sp³-hybridized carbons (Fsp3) is 1.00. The molecule has 0 aromatic heterocycles. The summed E-state index contributed by atoms with van der Waals surface area (Å²) < 4.78 is 0. The summed E-state index contributed by atoms with van der Waals surface area (Å²) in [6.07, 6.45) is 13.9. The van der Waals surface area contributed by atoms with E-state index in [9.17, 15) is 5.11 Å². The van der Waals surface area contributed by atoms with Crippen molar-refractivity contribution in [2.45, 2.75) is 119 Å². The van der Waals surface area contributed by atoms with Gasteiger partial charge in [0.1, 0.15) is 0 Å². The first-order valence-corrected chi connectivity index (χ1v) is 13.8. The molecule has 0 aliphatic heterocycles. The largest absolute Gasteiger partial charge is 0.393 e. The second kappa shape index (κ2) is 8.39. The molecule has 0 spiro atoms. The maximum Gasteiger partial charge on any atom is 0.0568 e. The van der Waals surface area contributed by atoms with Gasteiger partial charge in [-0.2, -0.15) is 0 Å². The fourth-order valence-corrected chi connectivity index (χ4v) is 9.75. The Kier molecular flexibility index (Phi) is 6.47. The van der Waals surface area contributed by atoms with Crippen LogP contribution in [-0.2, 0) is 0 Å². The second-order valence-electron chi connectivity index (χ2n) is 13.5. The van der Waals surface area contributed by atoms with Crippen LogP contribution in [0.25, 0.3) is 0 Å². The molecule has 0 bridgehead atoms. The van der Waals surface area contributed by atoms with Gasteiger partial charge in [-0.15, -0.1) is 0 Å². The Labute approximate surface area is 188 Å². The summed E-state index contributed by atoms with van der Waals surface area (Å²) in [5.41, 5.74) is 1.10. The maximum atomic E-state index is 10.5. The predicted molar refractivity (Wildman–Crippen MR) is 128 cm³/mol. The Balaban J connectivity index is 1.47. The van der Waals surface area contributed by atoms with E-state index < -0.39 is 0 Å². The minimum Gasteiger partial charge on any atom is -0.393 e. The summed E-state index contributed by atoms with van der Waals surface area (Å²) in [5, 5.41) is 10.5. The van der Waals surface area contributed by atoms with E-state index in [2.05, 4.69) is 48.5 Å². The van der Waals surface area contributed by atoms with E-state index in [-0.39, 0.29) is 6.10 Å². The SMILES string of the molecule is CC(C)C(C)CC[C@@H](C)[C@H]1CC[C@H]2[C@@H]3CC[C@H]4C(C)[C@@H](O)CC[C@]4(C)[C@H]3CC[C@]12C.